The second-order valence-corrected chi connectivity index (χ2v) is 8.39. The Kier molecular flexibility index (Phi) is 6.75. The maximum absolute atomic E-state index is 12.9. The highest BCUT2D eigenvalue weighted by Crippen LogP contribution is 2.31. The Morgan fingerprint density at radius 2 is 2.00 bits per heavy atom. The summed E-state index contributed by atoms with van der Waals surface area (Å²) in [5, 5.41) is 21.8. The maximum atomic E-state index is 12.9. The summed E-state index contributed by atoms with van der Waals surface area (Å²) in [6.07, 6.45) is 1.58. The van der Waals surface area contributed by atoms with Gasteiger partial charge in [0.05, 0.1) is 24.7 Å². The molecule has 1 amide bonds. The molecule has 0 radical (unpaired) electrons. The van der Waals surface area contributed by atoms with Crippen LogP contribution in [0.1, 0.15) is 23.7 Å². The molecule has 34 heavy (non-hydrogen) atoms. The van der Waals surface area contributed by atoms with Crippen LogP contribution in [0.5, 0.6) is 5.75 Å². The number of carbonyl (C=O) groups is 1. The minimum absolute atomic E-state index is 0.104. The van der Waals surface area contributed by atoms with Crippen LogP contribution in [-0.4, -0.2) is 38.1 Å². The van der Waals surface area contributed by atoms with Crippen LogP contribution in [0.2, 0.25) is 0 Å². The molecule has 3 heterocycles. The molecule has 1 aromatic carbocycles. The number of anilines is 1. The van der Waals surface area contributed by atoms with E-state index in [1.165, 1.54) is 11.8 Å². The van der Waals surface area contributed by atoms with E-state index in [1.54, 1.807) is 19.4 Å². The highest BCUT2D eigenvalue weighted by atomic mass is 32.2. The third kappa shape index (κ3) is 4.30. The standard InChI is InChI=1S/C24H24N6O3S/c1-5-29-23(20-7-6-12-33-20)27-28-24(29)34-14-21(31)26-22-19(13-25)15(2)16(3)30(22)17-8-10-18(32-4)11-9-17/h6-12H,5,14H2,1-4H3,(H,26,31). The molecule has 0 bridgehead atoms. The van der Waals surface area contributed by atoms with E-state index < -0.39 is 0 Å². The van der Waals surface area contributed by atoms with Gasteiger partial charge in [-0.3, -0.25) is 13.9 Å². The van der Waals surface area contributed by atoms with Gasteiger partial charge in [-0.25, -0.2) is 0 Å². The van der Waals surface area contributed by atoms with Crippen molar-refractivity contribution in [2.45, 2.75) is 32.5 Å². The number of nitriles is 1. The van der Waals surface area contributed by atoms with Gasteiger partial charge in [0.1, 0.15) is 17.6 Å². The number of hydrogen-bond donors (Lipinski definition) is 1. The van der Waals surface area contributed by atoms with E-state index in [2.05, 4.69) is 21.6 Å². The minimum atomic E-state index is -0.251. The van der Waals surface area contributed by atoms with Crippen molar-refractivity contribution < 1.29 is 13.9 Å². The van der Waals surface area contributed by atoms with E-state index in [9.17, 15) is 10.1 Å². The number of nitrogens with one attached hydrogen (secondary N) is 1. The van der Waals surface area contributed by atoms with Crippen LogP contribution < -0.4 is 10.1 Å². The lowest BCUT2D eigenvalue weighted by Crippen LogP contribution is -2.18. The summed E-state index contributed by atoms with van der Waals surface area (Å²) in [4.78, 5) is 12.9. The predicted molar refractivity (Wildman–Crippen MR) is 129 cm³/mol. The first-order chi connectivity index (χ1) is 16.5. The molecule has 1 N–H and O–H groups in total. The van der Waals surface area contributed by atoms with E-state index in [-0.39, 0.29) is 11.7 Å². The summed E-state index contributed by atoms with van der Waals surface area (Å²) in [6.45, 7) is 6.40. The molecule has 0 aliphatic carbocycles. The molecule has 174 valence electrons. The molecule has 0 atom stereocenters. The molecule has 0 fully saturated rings. The fourth-order valence-corrected chi connectivity index (χ4v) is 4.48. The van der Waals surface area contributed by atoms with Gasteiger partial charge in [-0.2, -0.15) is 5.26 Å². The number of benzene rings is 1. The van der Waals surface area contributed by atoms with Crippen molar-refractivity contribution in [2.75, 3.05) is 18.2 Å². The van der Waals surface area contributed by atoms with Crippen molar-refractivity contribution >= 4 is 23.5 Å². The lowest BCUT2D eigenvalue weighted by Gasteiger charge is -2.14. The molecule has 9 nitrogen and oxygen atoms in total. The van der Waals surface area contributed by atoms with Gasteiger partial charge in [-0.05, 0) is 62.7 Å². The zero-order valence-electron chi connectivity index (χ0n) is 19.3. The number of furan rings is 1. The first-order valence-corrected chi connectivity index (χ1v) is 11.6. The summed E-state index contributed by atoms with van der Waals surface area (Å²) in [7, 11) is 1.61. The van der Waals surface area contributed by atoms with E-state index in [0.29, 0.717) is 34.7 Å². The van der Waals surface area contributed by atoms with E-state index >= 15 is 0 Å². The molecule has 0 aliphatic heterocycles. The number of ether oxygens (including phenoxy) is 1. The monoisotopic (exact) mass is 476 g/mol. The van der Waals surface area contributed by atoms with Gasteiger partial charge in [0, 0.05) is 17.9 Å². The topological polar surface area (TPSA) is 111 Å². The maximum Gasteiger partial charge on any atom is 0.236 e. The van der Waals surface area contributed by atoms with Gasteiger partial charge >= 0.3 is 0 Å². The Morgan fingerprint density at radius 1 is 1.24 bits per heavy atom. The zero-order chi connectivity index (χ0) is 24.2. The first kappa shape index (κ1) is 23.2. The van der Waals surface area contributed by atoms with Crippen LogP contribution in [-0.2, 0) is 11.3 Å². The van der Waals surface area contributed by atoms with E-state index in [0.717, 1.165) is 22.7 Å². The number of carbonyl (C=O) groups excluding carboxylic acids is 1. The molecule has 0 saturated carbocycles. The van der Waals surface area contributed by atoms with Crippen LogP contribution in [0.15, 0.2) is 52.2 Å². The Morgan fingerprint density at radius 3 is 2.62 bits per heavy atom. The summed E-state index contributed by atoms with van der Waals surface area (Å²) >= 11 is 1.28. The number of thioether (sulfide) groups is 1. The minimum Gasteiger partial charge on any atom is -0.497 e. The second kappa shape index (κ2) is 9.89. The molecule has 0 saturated heterocycles. The van der Waals surface area contributed by atoms with Crippen molar-refractivity contribution in [1.29, 1.82) is 5.26 Å². The molecule has 4 rings (SSSR count). The number of amides is 1. The third-order valence-electron chi connectivity index (χ3n) is 5.52. The van der Waals surface area contributed by atoms with Gasteiger partial charge < -0.3 is 14.5 Å². The molecule has 10 heteroatoms. The van der Waals surface area contributed by atoms with Crippen LogP contribution >= 0.6 is 11.8 Å². The van der Waals surface area contributed by atoms with Crippen molar-refractivity contribution in [3.05, 3.63) is 59.5 Å². The number of hydrogen-bond acceptors (Lipinski definition) is 7. The van der Waals surface area contributed by atoms with Gasteiger partial charge in [-0.15, -0.1) is 10.2 Å². The van der Waals surface area contributed by atoms with Gasteiger partial charge in [0.25, 0.3) is 0 Å². The SMILES string of the molecule is CCn1c(SCC(=O)Nc2c(C#N)c(C)c(C)n2-c2ccc(OC)cc2)nnc1-c1ccco1. The lowest BCUT2D eigenvalue weighted by molar-refractivity contribution is -0.113. The number of nitrogens with zero attached hydrogens (tertiary/aromatic N) is 5. The fourth-order valence-electron chi connectivity index (χ4n) is 3.68. The third-order valence-corrected chi connectivity index (χ3v) is 6.49. The highest BCUT2D eigenvalue weighted by molar-refractivity contribution is 7.99. The molecule has 0 unspecified atom stereocenters. The Bertz CT molecular complexity index is 1350. The van der Waals surface area contributed by atoms with Crippen molar-refractivity contribution in [2.24, 2.45) is 0 Å². The largest absolute Gasteiger partial charge is 0.497 e. The fraction of sp³-hybridized carbons (Fsp3) is 0.250. The van der Waals surface area contributed by atoms with Crippen LogP contribution in [0.25, 0.3) is 17.3 Å². The second-order valence-electron chi connectivity index (χ2n) is 7.44. The quantitative estimate of drug-likeness (QED) is 0.371. The Hall–Kier alpha value is -3.97. The molecule has 4 aromatic rings. The number of methoxy groups -OCH3 is 1. The Labute approximate surface area is 201 Å². The normalized spacial score (nSPS) is 10.8. The average Bonchev–Trinajstić information content (AvgIpc) is 3.57. The van der Waals surface area contributed by atoms with Crippen molar-refractivity contribution in [3.63, 3.8) is 0 Å². The predicted octanol–water partition coefficient (Wildman–Crippen LogP) is 4.58. The van der Waals surface area contributed by atoms with Crippen LogP contribution in [0, 0.1) is 25.2 Å². The molecule has 0 aliphatic rings. The summed E-state index contributed by atoms with van der Waals surface area (Å²) in [5.41, 5.74) is 2.94. The van der Waals surface area contributed by atoms with Gasteiger partial charge in [0.15, 0.2) is 16.7 Å². The Balaban J connectivity index is 1.57. The van der Waals surface area contributed by atoms with E-state index in [4.69, 9.17) is 9.15 Å². The number of rotatable bonds is 8. The van der Waals surface area contributed by atoms with E-state index in [1.807, 2.05) is 60.2 Å². The zero-order valence-corrected chi connectivity index (χ0v) is 20.1. The highest BCUT2D eigenvalue weighted by Gasteiger charge is 2.22. The first-order valence-electron chi connectivity index (χ1n) is 10.6. The van der Waals surface area contributed by atoms with Crippen LogP contribution in [0.3, 0.4) is 0 Å². The van der Waals surface area contributed by atoms with Crippen molar-refractivity contribution in [3.8, 4) is 29.1 Å². The lowest BCUT2D eigenvalue weighted by atomic mass is 10.2. The summed E-state index contributed by atoms with van der Waals surface area (Å²) < 4.78 is 14.5. The molecule has 3 aromatic heterocycles. The summed E-state index contributed by atoms with van der Waals surface area (Å²) in [5.74, 6) is 2.25. The molecular weight excluding hydrogens is 452 g/mol. The average molecular weight is 477 g/mol. The van der Waals surface area contributed by atoms with Gasteiger partial charge in [-0.1, -0.05) is 11.8 Å². The molecule has 0 spiro atoms. The molecular formula is C24H24N6O3S. The van der Waals surface area contributed by atoms with Gasteiger partial charge in [0.2, 0.25) is 5.91 Å². The van der Waals surface area contributed by atoms with Crippen molar-refractivity contribution in [1.82, 2.24) is 19.3 Å². The summed E-state index contributed by atoms with van der Waals surface area (Å²) in [6, 6.07) is 13.3. The number of aromatic nitrogens is 4. The smallest absolute Gasteiger partial charge is 0.236 e. The van der Waals surface area contributed by atoms with Crippen LogP contribution in [0.4, 0.5) is 5.82 Å².